The number of carbonyl (C=O) groups excluding carboxylic acids is 1. The van der Waals surface area contributed by atoms with Crippen LogP contribution in [0.1, 0.15) is 213 Å². The quantitative estimate of drug-likeness (QED) is 0.0233. The predicted octanol–water partition coefficient (Wildman–Crippen LogP) is 14.4. The molecule has 0 bridgehead atoms. The molecule has 360 valence electrons. The second kappa shape index (κ2) is 46.7. The molecule has 0 fully saturated rings. The van der Waals surface area contributed by atoms with E-state index in [2.05, 4.69) is 74.6 Å². The molecular weight excluding hydrogens is 802 g/mol. The summed E-state index contributed by atoms with van der Waals surface area (Å²) in [6.45, 7) is 3.76. The molecule has 0 spiro atoms. The molecule has 0 aromatic carbocycles. The highest BCUT2D eigenvalue weighted by atomic mass is 31.2. The summed E-state index contributed by atoms with van der Waals surface area (Å²) in [5, 5.41) is 8.92. The van der Waals surface area contributed by atoms with Crippen LogP contribution in [-0.2, 0) is 32.7 Å². The van der Waals surface area contributed by atoms with Crippen LogP contribution in [0.5, 0.6) is 0 Å². The monoisotopic (exact) mass is 894 g/mol. The summed E-state index contributed by atoms with van der Waals surface area (Å²) in [4.78, 5) is 33.7. The van der Waals surface area contributed by atoms with Crippen molar-refractivity contribution >= 4 is 19.8 Å². The van der Waals surface area contributed by atoms with Crippen molar-refractivity contribution in [1.82, 2.24) is 0 Å². The molecule has 0 radical (unpaired) electrons. The van der Waals surface area contributed by atoms with Crippen molar-refractivity contribution in [3.63, 3.8) is 0 Å². The van der Waals surface area contributed by atoms with Crippen molar-refractivity contribution in [2.45, 2.75) is 225 Å². The molecule has 0 aliphatic carbocycles. The number of phosphoric acid groups is 1. The Morgan fingerprint density at radius 3 is 1.42 bits per heavy atom. The predicted molar refractivity (Wildman–Crippen MR) is 258 cm³/mol. The lowest BCUT2D eigenvalue weighted by Gasteiger charge is -2.20. The van der Waals surface area contributed by atoms with Crippen molar-refractivity contribution < 1.29 is 42.7 Å². The molecule has 0 amide bonds. The maximum absolute atomic E-state index is 12.7. The number of ether oxygens (including phenoxy) is 2. The molecule has 3 unspecified atom stereocenters. The van der Waals surface area contributed by atoms with Gasteiger partial charge in [0.25, 0.3) is 0 Å². The van der Waals surface area contributed by atoms with Crippen molar-refractivity contribution in [2.75, 3.05) is 26.4 Å². The fourth-order valence-corrected chi connectivity index (χ4v) is 7.49. The number of rotatable bonds is 47. The molecule has 0 rings (SSSR count). The maximum Gasteiger partial charge on any atom is 0.472 e. The van der Waals surface area contributed by atoms with Gasteiger partial charge >= 0.3 is 19.8 Å². The lowest BCUT2D eigenvalue weighted by molar-refractivity contribution is -0.154. The summed E-state index contributed by atoms with van der Waals surface area (Å²) in [5.41, 5.74) is 5.37. The van der Waals surface area contributed by atoms with Crippen LogP contribution in [0.2, 0.25) is 0 Å². The minimum absolute atomic E-state index is 0.00993. The number of hydrogen-bond donors (Lipinski definition) is 3. The standard InChI is InChI=1S/C51H92NO9P/c1-3-5-7-9-11-13-15-17-19-21-22-23-24-25-26-27-29-31-33-35-37-39-41-43-50(53)61-48(46-59-62(56,57)60-47-49(52)51(54)55)45-58-44-42-40-38-36-34-32-30-28-20-18-16-14-12-10-8-6-4-2/h5,7,11,13,17,19-20,22-23,28,48-49H,3-4,6,8-10,12,14-16,18,21,24-27,29-47,52H2,1-2H3,(H,54,55)(H,56,57)/b7-5-,13-11-,19-17-,23-22-,28-20-. The van der Waals surface area contributed by atoms with Crippen LogP contribution in [0, 0.1) is 0 Å². The Kier molecular flexibility index (Phi) is 44.9. The summed E-state index contributed by atoms with van der Waals surface area (Å²) < 4.78 is 33.5. The number of carboxylic acid groups (broad SMARTS) is 1. The zero-order valence-electron chi connectivity index (χ0n) is 39.5. The third-order valence-corrected chi connectivity index (χ3v) is 11.5. The highest BCUT2D eigenvalue weighted by Crippen LogP contribution is 2.43. The van der Waals surface area contributed by atoms with Gasteiger partial charge in [-0.05, 0) is 77.0 Å². The number of hydrogen-bond acceptors (Lipinski definition) is 8. The highest BCUT2D eigenvalue weighted by molar-refractivity contribution is 7.47. The molecule has 0 aromatic rings. The lowest BCUT2D eigenvalue weighted by Crippen LogP contribution is -2.34. The normalized spacial score (nSPS) is 14.3. The second-order valence-corrected chi connectivity index (χ2v) is 18.0. The van der Waals surface area contributed by atoms with Crippen molar-refractivity contribution in [2.24, 2.45) is 5.73 Å². The van der Waals surface area contributed by atoms with Crippen molar-refractivity contribution in [3.8, 4) is 0 Å². The van der Waals surface area contributed by atoms with Crippen LogP contribution in [0.4, 0.5) is 0 Å². The van der Waals surface area contributed by atoms with Gasteiger partial charge in [-0.2, -0.15) is 0 Å². The first kappa shape index (κ1) is 59.7. The SMILES string of the molecule is CC/C=C\C/C=C\C/C=C\C/C=C\CCCCCCCCCCCCC(=O)OC(COCCCCCCCC/C=C\CCCCCCCCC)COP(=O)(O)OCC(N)C(=O)O. The van der Waals surface area contributed by atoms with Crippen LogP contribution in [0.25, 0.3) is 0 Å². The van der Waals surface area contributed by atoms with Gasteiger partial charge in [0.05, 0.1) is 19.8 Å². The molecule has 0 heterocycles. The van der Waals surface area contributed by atoms with Crippen molar-refractivity contribution in [3.05, 3.63) is 60.8 Å². The lowest BCUT2D eigenvalue weighted by atomic mass is 10.0. The van der Waals surface area contributed by atoms with Crippen LogP contribution < -0.4 is 5.73 Å². The Hall–Kier alpha value is -2.33. The number of phosphoric ester groups is 1. The van der Waals surface area contributed by atoms with Gasteiger partial charge in [-0.25, -0.2) is 4.57 Å². The summed E-state index contributed by atoms with van der Waals surface area (Å²) >= 11 is 0. The molecule has 4 N–H and O–H groups in total. The Bertz CT molecular complexity index is 1220. The van der Waals surface area contributed by atoms with Gasteiger partial charge in [0.1, 0.15) is 12.1 Å². The van der Waals surface area contributed by atoms with E-state index in [-0.39, 0.29) is 13.0 Å². The van der Waals surface area contributed by atoms with Gasteiger partial charge in [-0.1, -0.05) is 190 Å². The second-order valence-electron chi connectivity index (χ2n) is 16.6. The van der Waals surface area contributed by atoms with Crippen LogP contribution >= 0.6 is 7.82 Å². The number of allylic oxidation sites excluding steroid dienone is 10. The summed E-state index contributed by atoms with van der Waals surface area (Å²) in [6.07, 6.45) is 57.0. The van der Waals surface area contributed by atoms with Gasteiger partial charge in [-0.3, -0.25) is 18.6 Å². The van der Waals surface area contributed by atoms with E-state index in [9.17, 15) is 19.0 Å². The van der Waals surface area contributed by atoms with E-state index in [0.29, 0.717) is 13.0 Å². The number of unbranched alkanes of at least 4 members (excludes halogenated alkanes) is 23. The van der Waals surface area contributed by atoms with Gasteiger partial charge in [0.2, 0.25) is 0 Å². The highest BCUT2D eigenvalue weighted by Gasteiger charge is 2.27. The molecule has 10 nitrogen and oxygen atoms in total. The number of aliphatic carboxylic acids is 1. The Balaban J connectivity index is 4.17. The number of carboxylic acids is 1. The first-order valence-electron chi connectivity index (χ1n) is 24.8. The largest absolute Gasteiger partial charge is 0.480 e. The van der Waals surface area contributed by atoms with Crippen LogP contribution in [0.3, 0.4) is 0 Å². The number of nitrogens with two attached hydrogens (primary N) is 1. The van der Waals surface area contributed by atoms with E-state index in [0.717, 1.165) is 77.0 Å². The molecule has 0 aliphatic rings. The summed E-state index contributed by atoms with van der Waals surface area (Å²) in [7, 11) is -4.63. The van der Waals surface area contributed by atoms with E-state index >= 15 is 0 Å². The molecule has 0 aromatic heterocycles. The molecule has 62 heavy (non-hydrogen) atoms. The zero-order chi connectivity index (χ0) is 45.5. The molecule has 0 aliphatic heterocycles. The molecule has 0 saturated carbocycles. The van der Waals surface area contributed by atoms with E-state index < -0.39 is 45.1 Å². The Morgan fingerprint density at radius 2 is 0.935 bits per heavy atom. The van der Waals surface area contributed by atoms with E-state index in [4.69, 9.17) is 29.4 Å². The molecule has 11 heteroatoms. The molecular formula is C51H92NO9P. The topological polar surface area (TPSA) is 155 Å². The van der Waals surface area contributed by atoms with Crippen LogP contribution in [-0.4, -0.2) is 60.5 Å². The van der Waals surface area contributed by atoms with E-state index in [1.807, 2.05) is 0 Å². The molecule has 0 saturated heterocycles. The summed E-state index contributed by atoms with van der Waals surface area (Å²) in [5.74, 6) is -1.78. The minimum atomic E-state index is -4.63. The maximum atomic E-state index is 12.7. The van der Waals surface area contributed by atoms with Crippen LogP contribution in [0.15, 0.2) is 60.8 Å². The zero-order valence-corrected chi connectivity index (χ0v) is 40.3. The first-order valence-corrected chi connectivity index (χ1v) is 26.3. The number of esters is 1. The fourth-order valence-electron chi connectivity index (χ4n) is 6.71. The fraction of sp³-hybridized carbons (Fsp3) is 0.765. The minimum Gasteiger partial charge on any atom is -0.480 e. The van der Waals surface area contributed by atoms with E-state index in [1.54, 1.807) is 0 Å². The summed E-state index contributed by atoms with van der Waals surface area (Å²) in [6, 6.07) is -1.48. The first-order chi connectivity index (χ1) is 30.2. The Labute approximate surface area is 379 Å². The van der Waals surface area contributed by atoms with Gasteiger partial charge < -0.3 is 25.2 Å². The average molecular weight is 894 g/mol. The number of carbonyl (C=O) groups is 2. The smallest absolute Gasteiger partial charge is 0.472 e. The average Bonchev–Trinajstić information content (AvgIpc) is 3.25. The van der Waals surface area contributed by atoms with Gasteiger partial charge in [0, 0.05) is 13.0 Å². The van der Waals surface area contributed by atoms with Gasteiger partial charge in [-0.15, -0.1) is 0 Å². The third-order valence-electron chi connectivity index (χ3n) is 10.5. The van der Waals surface area contributed by atoms with E-state index in [1.165, 1.54) is 109 Å². The third kappa shape index (κ3) is 45.7. The Morgan fingerprint density at radius 1 is 0.532 bits per heavy atom. The molecule has 3 atom stereocenters. The van der Waals surface area contributed by atoms with Gasteiger partial charge in [0.15, 0.2) is 0 Å². The van der Waals surface area contributed by atoms with Crippen molar-refractivity contribution in [1.29, 1.82) is 0 Å².